The van der Waals surface area contributed by atoms with Crippen LogP contribution in [0.5, 0.6) is 5.75 Å². The number of nitrogens with one attached hydrogen (secondary N) is 1. The summed E-state index contributed by atoms with van der Waals surface area (Å²) in [4.78, 5) is 13.8. The lowest BCUT2D eigenvalue weighted by Crippen LogP contribution is -2.49. The molecule has 0 saturated carbocycles. The van der Waals surface area contributed by atoms with Gasteiger partial charge in [0.05, 0.1) is 11.5 Å². The first-order valence-corrected chi connectivity index (χ1v) is 10.6. The van der Waals surface area contributed by atoms with E-state index in [9.17, 15) is 13.2 Å². The molecule has 146 valence electrons. The first kappa shape index (κ1) is 20.7. The molecule has 1 fully saturated rings. The molecule has 2 atom stereocenters. The molecule has 2 rings (SSSR count). The number of unbranched alkanes of at least 4 members (excludes halogenated alkanes) is 1. The van der Waals surface area contributed by atoms with Crippen LogP contribution in [-0.4, -0.2) is 49.5 Å². The minimum atomic E-state index is -3.63. The van der Waals surface area contributed by atoms with Crippen LogP contribution in [-0.2, 0) is 14.6 Å². The van der Waals surface area contributed by atoms with Crippen molar-refractivity contribution in [2.45, 2.75) is 49.8 Å². The summed E-state index contributed by atoms with van der Waals surface area (Å²) in [5, 5.41) is 8.08. The Morgan fingerprint density at radius 3 is 2.58 bits per heavy atom. The fraction of sp³-hybridized carbons (Fsp3) is 0.611. The van der Waals surface area contributed by atoms with Gasteiger partial charge in [0.25, 0.3) is 0 Å². The molecule has 26 heavy (non-hydrogen) atoms. The van der Waals surface area contributed by atoms with E-state index in [0.29, 0.717) is 31.9 Å². The molecule has 1 aliphatic heterocycles. The lowest BCUT2D eigenvalue weighted by molar-refractivity contribution is -0.135. The number of hydrogen-bond acceptors (Lipinski definition) is 6. The van der Waals surface area contributed by atoms with Gasteiger partial charge in [0, 0.05) is 12.5 Å². The summed E-state index contributed by atoms with van der Waals surface area (Å²) in [6.45, 7) is 5.66. The molecule has 1 heterocycles. The number of nitrogens with zero attached hydrogens (tertiary/aromatic N) is 1. The molecule has 1 aromatic carbocycles. The van der Waals surface area contributed by atoms with Crippen molar-refractivity contribution in [3.8, 4) is 5.75 Å². The van der Waals surface area contributed by atoms with Crippen molar-refractivity contribution in [1.29, 1.82) is 0 Å². The van der Waals surface area contributed by atoms with Gasteiger partial charge in [-0.15, -0.1) is 0 Å². The van der Waals surface area contributed by atoms with Gasteiger partial charge < -0.3 is 4.74 Å². The molecule has 0 radical (unpaired) electrons. The Morgan fingerprint density at radius 2 is 2.00 bits per heavy atom. The smallest absolute Gasteiger partial charge is 0.246 e. The van der Waals surface area contributed by atoms with E-state index in [-0.39, 0.29) is 11.3 Å². The maximum absolute atomic E-state index is 13.1. The summed E-state index contributed by atoms with van der Waals surface area (Å²) >= 11 is 0. The summed E-state index contributed by atoms with van der Waals surface area (Å²) in [5.74, 6) is -0.397. The number of carbonyl (C=O) groups is 1. The van der Waals surface area contributed by atoms with Crippen LogP contribution in [0.2, 0.25) is 0 Å². The number of carbonyl (C=O) groups excluding carboxylic acids is 1. The van der Waals surface area contributed by atoms with Crippen molar-refractivity contribution in [2.24, 2.45) is 5.92 Å². The highest BCUT2D eigenvalue weighted by atomic mass is 32.2. The molecule has 7 nitrogen and oxygen atoms in total. The van der Waals surface area contributed by atoms with Crippen molar-refractivity contribution in [3.05, 3.63) is 24.3 Å². The lowest BCUT2D eigenvalue weighted by Gasteiger charge is -2.37. The number of piperidine rings is 1. The monoisotopic (exact) mass is 384 g/mol. The summed E-state index contributed by atoms with van der Waals surface area (Å²) in [6, 6.07) is 6.44. The Hall–Kier alpha value is -1.64. The van der Waals surface area contributed by atoms with E-state index in [1.165, 1.54) is 0 Å². The van der Waals surface area contributed by atoms with E-state index in [4.69, 9.17) is 9.94 Å². The molecule has 0 bridgehead atoms. The average molecular weight is 384 g/mol. The van der Waals surface area contributed by atoms with Crippen LogP contribution < -0.4 is 10.2 Å². The zero-order chi connectivity index (χ0) is 19.2. The second kappa shape index (κ2) is 9.34. The van der Waals surface area contributed by atoms with Crippen LogP contribution >= 0.6 is 0 Å². The Bertz CT molecular complexity index is 690. The predicted octanol–water partition coefficient (Wildman–Crippen LogP) is 2.20. The van der Waals surface area contributed by atoms with Gasteiger partial charge in [0.2, 0.25) is 5.91 Å². The first-order chi connectivity index (χ1) is 12.4. The van der Waals surface area contributed by atoms with E-state index in [1.54, 1.807) is 29.7 Å². The maximum atomic E-state index is 13.1. The SMILES string of the molecule is CCCCOc1ccc(S(=O)(=O)C2CC(C(=O)NO)CCN2CC)cc1. The van der Waals surface area contributed by atoms with E-state index in [1.807, 2.05) is 11.8 Å². The molecule has 1 saturated heterocycles. The Kier molecular flexibility index (Phi) is 7.43. The standard InChI is InChI=1S/C18H28N2O5S/c1-3-5-12-25-15-6-8-16(9-7-15)26(23,24)17-13-14(18(21)19-22)10-11-20(17)4-2/h6-9,14,17,22H,3-5,10-13H2,1-2H3,(H,19,21). The quantitative estimate of drug-likeness (QED) is 0.405. The fourth-order valence-electron chi connectivity index (χ4n) is 3.21. The fourth-order valence-corrected chi connectivity index (χ4v) is 5.17. The van der Waals surface area contributed by atoms with E-state index in [2.05, 4.69) is 6.92 Å². The zero-order valence-corrected chi connectivity index (χ0v) is 16.2. The zero-order valence-electron chi connectivity index (χ0n) is 15.3. The number of ether oxygens (including phenoxy) is 1. The van der Waals surface area contributed by atoms with Crippen molar-refractivity contribution < 1.29 is 23.2 Å². The average Bonchev–Trinajstić information content (AvgIpc) is 2.67. The Morgan fingerprint density at radius 1 is 1.31 bits per heavy atom. The summed E-state index contributed by atoms with van der Waals surface area (Å²) in [7, 11) is -3.63. The number of hydrogen-bond donors (Lipinski definition) is 2. The normalized spacial score (nSPS) is 21.3. The van der Waals surface area contributed by atoms with Gasteiger partial charge in [0.15, 0.2) is 9.84 Å². The van der Waals surface area contributed by atoms with Crippen LogP contribution in [0.1, 0.15) is 39.5 Å². The molecule has 2 N–H and O–H groups in total. The summed E-state index contributed by atoms with van der Waals surface area (Å²) in [5.41, 5.74) is 1.64. The number of benzene rings is 1. The largest absolute Gasteiger partial charge is 0.494 e. The van der Waals surface area contributed by atoms with Crippen LogP contribution in [0.3, 0.4) is 0 Å². The van der Waals surface area contributed by atoms with Crippen LogP contribution in [0, 0.1) is 5.92 Å². The van der Waals surface area contributed by atoms with Gasteiger partial charge in [-0.1, -0.05) is 20.3 Å². The number of rotatable bonds is 8. The molecule has 1 amide bonds. The molecule has 0 aliphatic carbocycles. The minimum absolute atomic E-state index is 0.164. The second-order valence-corrected chi connectivity index (χ2v) is 8.60. The van der Waals surface area contributed by atoms with Crippen molar-refractivity contribution in [1.82, 2.24) is 10.4 Å². The number of likely N-dealkylation sites (tertiary alicyclic amines) is 1. The van der Waals surface area contributed by atoms with E-state index >= 15 is 0 Å². The van der Waals surface area contributed by atoms with Gasteiger partial charge >= 0.3 is 0 Å². The first-order valence-electron chi connectivity index (χ1n) is 9.08. The molecule has 8 heteroatoms. The van der Waals surface area contributed by atoms with Gasteiger partial charge in [-0.3, -0.25) is 14.9 Å². The van der Waals surface area contributed by atoms with Crippen LogP contribution in [0.4, 0.5) is 0 Å². The molecule has 0 spiro atoms. The number of hydroxylamine groups is 1. The van der Waals surface area contributed by atoms with E-state index < -0.39 is 27.0 Å². The third-order valence-electron chi connectivity index (χ3n) is 4.82. The highest BCUT2D eigenvalue weighted by Gasteiger charge is 2.39. The van der Waals surface area contributed by atoms with Gasteiger partial charge in [0.1, 0.15) is 11.1 Å². The highest BCUT2D eigenvalue weighted by Crippen LogP contribution is 2.31. The molecule has 2 unspecified atom stereocenters. The lowest BCUT2D eigenvalue weighted by atomic mass is 9.96. The van der Waals surface area contributed by atoms with E-state index in [0.717, 1.165) is 12.8 Å². The number of amides is 1. The second-order valence-electron chi connectivity index (χ2n) is 6.50. The predicted molar refractivity (Wildman–Crippen MR) is 97.7 cm³/mol. The highest BCUT2D eigenvalue weighted by molar-refractivity contribution is 7.92. The van der Waals surface area contributed by atoms with Crippen LogP contribution in [0.25, 0.3) is 0 Å². The molecule has 1 aromatic rings. The topological polar surface area (TPSA) is 95.9 Å². The van der Waals surface area contributed by atoms with Gasteiger partial charge in [-0.05, 0) is 50.1 Å². The van der Waals surface area contributed by atoms with Crippen molar-refractivity contribution in [2.75, 3.05) is 19.7 Å². The minimum Gasteiger partial charge on any atom is -0.494 e. The Labute approximate surface area is 155 Å². The molecular formula is C18H28N2O5S. The molecular weight excluding hydrogens is 356 g/mol. The third-order valence-corrected chi connectivity index (χ3v) is 6.96. The Balaban J connectivity index is 2.18. The van der Waals surface area contributed by atoms with Crippen molar-refractivity contribution >= 4 is 15.7 Å². The number of sulfone groups is 1. The van der Waals surface area contributed by atoms with Gasteiger partial charge in [-0.2, -0.15) is 0 Å². The summed E-state index contributed by atoms with van der Waals surface area (Å²) in [6.07, 6.45) is 2.67. The maximum Gasteiger partial charge on any atom is 0.246 e. The summed E-state index contributed by atoms with van der Waals surface area (Å²) < 4.78 is 31.8. The molecule has 0 aromatic heterocycles. The third kappa shape index (κ3) is 4.75. The van der Waals surface area contributed by atoms with Gasteiger partial charge in [-0.25, -0.2) is 13.9 Å². The molecule has 1 aliphatic rings. The van der Waals surface area contributed by atoms with Crippen molar-refractivity contribution in [3.63, 3.8) is 0 Å². The van der Waals surface area contributed by atoms with Crippen LogP contribution in [0.15, 0.2) is 29.2 Å².